The molecule has 0 spiro atoms. The van der Waals surface area contributed by atoms with Crippen LogP contribution in [0, 0.1) is 0 Å². The number of rotatable bonds is 2. The van der Waals surface area contributed by atoms with Gasteiger partial charge in [0, 0.05) is 32.1 Å². The molecule has 0 radical (unpaired) electrons. The molecular formula is C17H24N2O5S. The molecule has 1 aromatic carbocycles. The summed E-state index contributed by atoms with van der Waals surface area (Å²) in [6, 6.07) is 4.67. The largest absolute Gasteiger partial charge is 0.486 e. The summed E-state index contributed by atoms with van der Waals surface area (Å²) in [5.74, 6) is 0.897. The zero-order valence-corrected chi connectivity index (χ0v) is 15.0. The van der Waals surface area contributed by atoms with Crippen molar-refractivity contribution in [1.82, 2.24) is 9.62 Å². The van der Waals surface area contributed by atoms with Crippen LogP contribution in [0.4, 0.5) is 0 Å². The van der Waals surface area contributed by atoms with Crippen LogP contribution in [0.25, 0.3) is 0 Å². The normalized spacial score (nSPS) is 20.4. The number of nitrogens with one attached hydrogen (secondary N) is 1. The number of hydrogen-bond donors (Lipinski definition) is 1. The Morgan fingerprint density at radius 1 is 0.960 bits per heavy atom. The van der Waals surface area contributed by atoms with E-state index in [1.165, 1.54) is 16.4 Å². The molecule has 2 aliphatic rings. The van der Waals surface area contributed by atoms with Gasteiger partial charge in [-0.05, 0) is 25.0 Å². The molecule has 25 heavy (non-hydrogen) atoms. The Hall–Kier alpha value is -1.80. The third-order valence-corrected chi connectivity index (χ3v) is 6.29. The summed E-state index contributed by atoms with van der Waals surface area (Å²) in [6.07, 6.45) is 3.82. The number of nitrogens with zero attached hydrogens (tertiary/aromatic N) is 1. The number of sulfonamides is 1. The van der Waals surface area contributed by atoms with Crippen LogP contribution in [0.2, 0.25) is 0 Å². The van der Waals surface area contributed by atoms with E-state index in [-0.39, 0.29) is 23.8 Å². The molecule has 1 aromatic rings. The van der Waals surface area contributed by atoms with Crippen molar-refractivity contribution in [2.24, 2.45) is 0 Å². The van der Waals surface area contributed by atoms with Gasteiger partial charge in [-0.25, -0.2) is 8.42 Å². The van der Waals surface area contributed by atoms with Crippen LogP contribution in [0.1, 0.15) is 32.1 Å². The molecule has 3 rings (SSSR count). The highest BCUT2D eigenvalue weighted by atomic mass is 32.2. The average Bonchev–Trinajstić information content (AvgIpc) is 2.67. The molecule has 7 nitrogen and oxygen atoms in total. The summed E-state index contributed by atoms with van der Waals surface area (Å²) >= 11 is 0. The van der Waals surface area contributed by atoms with Crippen LogP contribution in [-0.4, -0.2) is 51.5 Å². The van der Waals surface area contributed by atoms with Crippen molar-refractivity contribution in [2.45, 2.75) is 37.0 Å². The highest BCUT2D eigenvalue weighted by Gasteiger charge is 2.27. The number of carbonyl (C=O) groups excluding carboxylic acids is 1. The summed E-state index contributed by atoms with van der Waals surface area (Å²) in [7, 11) is -3.68. The van der Waals surface area contributed by atoms with Crippen LogP contribution in [-0.2, 0) is 14.8 Å². The highest BCUT2D eigenvalue weighted by Crippen LogP contribution is 2.33. The second-order valence-electron chi connectivity index (χ2n) is 6.22. The van der Waals surface area contributed by atoms with E-state index in [4.69, 9.17) is 9.47 Å². The van der Waals surface area contributed by atoms with Gasteiger partial charge in [-0.1, -0.05) is 12.8 Å². The number of fused-ring (bicyclic) bond motifs is 1. The van der Waals surface area contributed by atoms with Gasteiger partial charge in [0.15, 0.2) is 11.5 Å². The van der Waals surface area contributed by atoms with Crippen molar-refractivity contribution in [2.75, 3.05) is 32.8 Å². The van der Waals surface area contributed by atoms with E-state index in [9.17, 15) is 13.2 Å². The molecule has 0 aromatic heterocycles. The van der Waals surface area contributed by atoms with E-state index in [0.717, 1.165) is 25.7 Å². The number of hydrogen-bond acceptors (Lipinski definition) is 5. The zero-order valence-electron chi connectivity index (χ0n) is 14.2. The maximum absolute atomic E-state index is 13.0. The van der Waals surface area contributed by atoms with Crippen molar-refractivity contribution in [3.8, 4) is 11.5 Å². The Labute approximate surface area is 148 Å². The lowest BCUT2D eigenvalue weighted by Crippen LogP contribution is -2.35. The second-order valence-corrected chi connectivity index (χ2v) is 8.16. The van der Waals surface area contributed by atoms with Crippen LogP contribution < -0.4 is 14.8 Å². The molecule has 1 saturated heterocycles. The van der Waals surface area contributed by atoms with E-state index >= 15 is 0 Å². The van der Waals surface area contributed by atoms with Crippen molar-refractivity contribution in [3.05, 3.63) is 18.2 Å². The maximum atomic E-state index is 13.0. The third-order valence-electron chi connectivity index (χ3n) is 4.40. The van der Waals surface area contributed by atoms with E-state index in [1.54, 1.807) is 6.07 Å². The lowest BCUT2D eigenvalue weighted by atomic mass is 10.2. The standard InChI is InChI=1S/C17H24N2O5S/c20-17-7-10-19(9-4-2-1-3-8-18-17)25(21,22)14-5-6-15-16(13-14)24-12-11-23-15/h5-6,13H,1-4,7-12H2,(H,18,20). The number of carbonyl (C=O) groups is 1. The third kappa shape index (κ3) is 4.43. The molecule has 1 fully saturated rings. The molecule has 1 N–H and O–H groups in total. The van der Waals surface area contributed by atoms with Gasteiger partial charge in [0.05, 0.1) is 4.90 Å². The maximum Gasteiger partial charge on any atom is 0.243 e. The van der Waals surface area contributed by atoms with Crippen LogP contribution in [0.3, 0.4) is 0 Å². The van der Waals surface area contributed by atoms with Gasteiger partial charge in [-0.3, -0.25) is 4.79 Å². The molecule has 0 unspecified atom stereocenters. The van der Waals surface area contributed by atoms with Crippen molar-refractivity contribution in [1.29, 1.82) is 0 Å². The first-order valence-corrected chi connectivity index (χ1v) is 10.2. The first-order chi connectivity index (χ1) is 12.1. The summed E-state index contributed by atoms with van der Waals surface area (Å²) in [4.78, 5) is 12.0. The topological polar surface area (TPSA) is 84.9 Å². The molecule has 0 aliphatic carbocycles. The van der Waals surface area contributed by atoms with Gasteiger partial charge < -0.3 is 14.8 Å². The predicted molar refractivity (Wildman–Crippen MR) is 92.3 cm³/mol. The fraction of sp³-hybridized carbons (Fsp3) is 0.588. The van der Waals surface area contributed by atoms with E-state index in [1.807, 2.05) is 0 Å². The minimum absolute atomic E-state index is 0.107. The predicted octanol–water partition coefficient (Wildman–Crippen LogP) is 1.53. The Morgan fingerprint density at radius 2 is 1.72 bits per heavy atom. The monoisotopic (exact) mass is 368 g/mol. The molecule has 8 heteroatoms. The van der Waals surface area contributed by atoms with Gasteiger partial charge in [-0.15, -0.1) is 0 Å². The summed E-state index contributed by atoms with van der Waals surface area (Å²) < 4.78 is 38.4. The Kier molecular flexibility index (Phi) is 5.80. The van der Waals surface area contributed by atoms with Gasteiger partial charge in [-0.2, -0.15) is 4.31 Å². The van der Waals surface area contributed by atoms with Crippen molar-refractivity contribution < 1.29 is 22.7 Å². The number of ether oxygens (including phenoxy) is 2. The molecule has 1 amide bonds. The molecule has 2 aliphatic heterocycles. The average molecular weight is 368 g/mol. The molecular weight excluding hydrogens is 344 g/mol. The van der Waals surface area contributed by atoms with Crippen LogP contribution in [0.5, 0.6) is 11.5 Å². The van der Waals surface area contributed by atoms with E-state index < -0.39 is 10.0 Å². The lowest BCUT2D eigenvalue weighted by molar-refractivity contribution is -0.121. The second kappa shape index (κ2) is 8.05. The SMILES string of the molecule is O=C1CCN(S(=O)(=O)c2ccc3c(c2)OCCO3)CCCCCCN1. The fourth-order valence-electron chi connectivity index (χ4n) is 2.99. The molecule has 0 saturated carbocycles. The smallest absolute Gasteiger partial charge is 0.243 e. The first kappa shape index (κ1) is 18.0. The minimum atomic E-state index is -3.68. The molecule has 0 bridgehead atoms. The summed E-state index contributed by atoms with van der Waals surface area (Å²) in [6.45, 7) is 2.13. The minimum Gasteiger partial charge on any atom is -0.486 e. The molecule has 138 valence electrons. The van der Waals surface area contributed by atoms with Crippen molar-refractivity contribution in [3.63, 3.8) is 0 Å². The Balaban J connectivity index is 1.81. The van der Waals surface area contributed by atoms with Crippen molar-refractivity contribution >= 4 is 15.9 Å². The van der Waals surface area contributed by atoms with Crippen LogP contribution in [0.15, 0.2) is 23.1 Å². The summed E-state index contributed by atoms with van der Waals surface area (Å²) in [5, 5.41) is 2.84. The van der Waals surface area contributed by atoms with Gasteiger partial charge in [0.25, 0.3) is 0 Å². The Bertz CT molecular complexity index is 720. The van der Waals surface area contributed by atoms with E-state index in [2.05, 4.69) is 5.32 Å². The fourth-order valence-corrected chi connectivity index (χ4v) is 4.49. The first-order valence-electron chi connectivity index (χ1n) is 8.74. The lowest BCUT2D eigenvalue weighted by Gasteiger charge is -2.23. The van der Waals surface area contributed by atoms with Crippen LogP contribution >= 0.6 is 0 Å². The quantitative estimate of drug-likeness (QED) is 0.856. The molecule has 2 heterocycles. The van der Waals surface area contributed by atoms with Gasteiger partial charge >= 0.3 is 0 Å². The zero-order chi connectivity index (χ0) is 17.7. The molecule has 0 atom stereocenters. The van der Waals surface area contributed by atoms with Gasteiger partial charge in [0.1, 0.15) is 13.2 Å². The van der Waals surface area contributed by atoms with Gasteiger partial charge in [0.2, 0.25) is 15.9 Å². The van der Waals surface area contributed by atoms with E-state index in [0.29, 0.717) is 37.8 Å². The summed E-state index contributed by atoms with van der Waals surface area (Å²) in [5.41, 5.74) is 0. The number of benzene rings is 1. The Morgan fingerprint density at radius 3 is 2.56 bits per heavy atom. The highest BCUT2D eigenvalue weighted by molar-refractivity contribution is 7.89. The number of amides is 1.